The molecule has 1 saturated heterocycles. The Labute approximate surface area is 205 Å². The highest BCUT2D eigenvalue weighted by Crippen LogP contribution is 2.32. The molecule has 1 amide bonds. The lowest BCUT2D eigenvalue weighted by Crippen LogP contribution is -2.49. The molecule has 7 nitrogen and oxygen atoms in total. The second-order valence-corrected chi connectivity index (χ2v) is 9.13. The number of carbonyl (C=O) groups is 1. The fraction of sp³-hybridized carbons (Fsp3) is 0.192. The van der Waals surface area contributed by atoms with Gasteiger partial charge in [-0.3, -0.25) is 9.78 Å². The van der Waals surface area contributed by atoms with E-state index in [1.807, 2.05) is 31.2 Å². The van der Waals surface area contributed by atoms with E-state index in [9.17, 15) is 14.4 Å². The summed E-state index contributed by atoms with van der Waals surface area (Å²) in [6, 6.07) is 12.6. The molecule has 5 rings (SSSR count). The van der Waals surface area contributed by atoms with Gasteiger partial charge in [0.15, 0.2) is 0 Å². The standard InChI is InChI=1S/C26H21FN6OS/c1-17-10-22-24(12-21(17)20-4-2-3-5-23(20)27)30-15-31-25(22)32-6-8-33(9-7-32)26(34)18(13-28)11-19-14-29-16-35-19/h2-5,10-12,14-16H,6-9H2,1H3/b18-11+. The van der Waals surface area contributed by atoms with Crippen LogP contribution in [0.1, 0.15) is 10.4 Å². The molecule has 0 N–H and O–H groups in total. The number of amides is 1. The van der Waals surface area contributed by atoms with E-state index in [2.05, 4.69) is 19.9 Å². The summed E-state index contributed by atoms with van der Waals surface area (Å²) < 4.78 is 14.4. The van der Waals surface area contributed by atoms with Gasteiger partial charge in [0.1, 0.15) is 29.6 Å². The second-order valence-electron chi connectivity index (χ2n) is 8.21. The first-order chi connectivity index (χ1) is 17.0. The third-order valence-corrected chi connectivity index (χ3v) is 6.80. The molecule has 35 heavy (non-hydrogen) atoms. The zero-order valence-electron chi connectivity index (χ0n) is 19.0. The van der Waals surface area contributed by atoms with Crippen LogP contribution < -0.4 is 4.90 Å². The van der Waals surface area contributed by atoms with Gasteiger partial charge in [0.05, 0.1) is 11.0 Å². The van der Waals surface area contributed by atoms with Gasteiger partial charge in [-0.1, -0.05) is 18.2 Å². The summed E-state index contributed by atoms with van der Waals surface area (Å²) in [6.45, 7) is 4.04. The number of hydrogen-bond acceptors (Lipinski definition) is 7. The van der Waals surface area contributed by atoms with E-state index in [0.717, 1.165) is 32.7 Å². The van der Waals surface area contributed by atoms with Crippen LogP contribution in [0, 0.1) is 24.1 Å². The fourth-order valence-electron chi connectivity index (χ4n) is 4.29. The van der Waals surface area contributed by atoms with Crippen molar-refractivity contribution in [1.82, 2.24) is 19.9 Å². The lowest BCUT2D eigenvalue weighted by Gasteiger charge is -2.35. The average Bonchev–Trinajstić information content (AvgIpc) is 3.40. The zero-order chi connectivity index (χ0) is 24.4. The summed E-state index contributed by atoms with van der Waals surface area (Å²) in [7, 11) is 0. The maximum Gasteiger partial charge on any atom is 0.264 e. The molecule has 1 aliphatic heterocycles. The third-order valence-electron chi connectivity index (χ3n) is 6.08. The van der Waals surface area contributed by atoms with Crippen molar-refractivity contribution in [2.45, 2.75) is 6.92 Å². The third kappa shape index (κ3) is 4.48. The predicted octanol–water partition coefficient (Wildman–Crippen LogP) is 4.46. The number of benzene rings is 2. The molecule has 2 aromatic carbocycles. The van der Waals surface area contributed by atoms with Gasteiger partial charge in [0, 0.05) is 48.2 Å². The number of aryl methyl sites for hydroxylation is 1. The highest BCUT2D eigenvalue weighted by molar-refractivity contribution is 7.10. The van der Waals surface area contributed by atoms with Crippen LogP contribution in [-0.4, -0.2) is 51.9 Å². The van der Waals surface area contributed by atoms with E-state index in [-0.39, 0.29) is 17.3 Å². The maximum atomic E-state index is 14.4. The summed E-state index contributed by atoms with van der Waals surface area (Å²) in [5.41, 5.74) is 4.77. The highest BCUT2D eigenvalue weighted by Gasteiger charge is 2.25. The molecule has 0 aliphatic carbocycles. The quantitative estimate of drug-likeness (QED) is 0.314. The maximum absolute atomic E-state index is 14.4. The smallest absolute Gasteiger partial charge is 0.264 e. The molecule has 174 valence electrons. The Bertz CT molecular complexity index is 1470. The molecule has 2 aromatic heterocycles. The van der Waals surface area contributed by atoms with E-state index < -0.39 is 0 Å². The van der Waals surface area contributed by atoms with Crippen LogP contribution in [0.25, 0.3) is 28.1 Å². The number of anilines is 1. The first kappa shape index (κ1) is 22.6. The number of nitriles is 1. The van der Waals surface area contributed by atoms with Crippen molar-refractivity contribution >= 4 is 40.0 Å². The fourth-order valence-corrected chi connectivity index (χ4v) is 4.84. The Morgan fingerprint density at radius 3 is 2.66 bits per heavy atom. The number of carbonyl (C=O) groups excluding carboxylic acids is 1. The molecular weight excluding hydrogens is 463 g/mol. The summed E-state index contributed by atoms with van der Waals surface area (Å²) in [6.07, 6.45) is 4.73. The van der Waals surface area contributed by atoms with E-state index in [4.69, 9.17) is 0 Å². The molecule has 0 spiro atoms. The van der Waals surface area contributed by atoms with Gasteiger partial charge in [0.2, 0.25) is 0 Å². The summed E-state index contributed by atoms with van der Waals surface area (Å²) >= 11 is 1.38. The van der Waals surface area contributed by atoms with Crippen molar-refractivity contribution < 1.29 is 9.18 Å². The topological polar surface area (TPSA) is 86.0 Å². The summed E-state index contributed by atoms with van der Waals surface area (Å²) in [4.78, 5) is 30.4. The van der Waals surface area contributed by atoms with Crippen molar-refractivity contribution in [1.29, 1.82) is 5.26 Å². The number of nitrogens with zero attached hydrogens (tertiary/aromatic N) is 6. The number of fused-ring (bicyclic) bond motifs is 1. The molecule has 4 aromatic rings. The Morgan fingerprint density at radius 1 is 1.14 bits per heavy atom. The number of aromatic nitrogens is 3. The van der Waals surface area contributed by atoms with E-state index in [1.165, 1.54) is 23.7 Å². The molecule has 0 bridgehead atoms. The normalized spacial score (nSPS) is 14.3. The van der Waals surface area contributed by atoms with E-state index in [0.29, 0.717) is 31.7 Å². The van der Waals surface area contributed by atoms with Gasteiger partial charge in [-0.05, 0) is 42.3 Å². The van der Waals surface area contributed by atoms with Crippen molar-refractivity contribution in [3.05, 3.63) is 76.3 Å². The average molecular weight is 485 g/mol. The number of thiazole rings is 1. The molecular formula is C26H21FN6OS. The predicted molar refractivity (Wildman–Crippen MR) is 134 cm³/mol. The molecule has 1 aliphatic rings. The minimum atomic E-state index is -0.279. The van der Waals surface area contributed by atoms with Crippen molar-refractivity contribution in [3.8, 4) is 17.2 Å². The lowest BCUT2D eigenvalue weighted by atomic mass is 9.98. The monoisotopic (exact) mass is 484 g/mol. The Balaban J connectivity index is 1.38. The van der Waals surface area contributed by atoms with E-state index in [1.54, 1.807) is 34.8 Å². The van der Waals surface area contributed by atoms with Crippen LogP contribution in [0.2, 0.25) is 0 Å². The number of hydrogen-bond donors (Lipinski definition) is 0. The number of piperazine rings is 1. The van der Waals surface area contributed by atoms with Crippen LogP contribution in [-0.2, 0) is 4.79 Å². The van der Waals surface area contributed by atoms with Crippen LogP contribution >= 0.6 is 11.3 Å². The highest BCUT2D eigenvalue weighted by atomic mass is 32.1. The van der Waals surface area contributed by atoms with Gasteiger partial charge in [-0.15, -0.1) is 11.3 Å². The summed E-state index contributed by atoms with van der Waals surface area (Å²) in [5, 5.41) is 10.4. The number of rotatable bonds is 4. The Kier molecular flexibility index (Phi) is 6.21. The van der Waals surface area contributed by atoms with Crippen LogP contribution in [0.3, 0.4) is 0 Å². The molecule has 0 atom stereocenters. The van der Waals surface area contributed by atoms with Crippen molar-refractivity contribution in [2.24, 2.45) is 0 Å². The molecule has 0 saturated carbocycles. The lowest BCUT2D eigenvalue weighted by molar-refractivity contribution is -0.126. The van der Waals surface area contributed by atoms with Gasteiger partial charge in [-0.25, -0.2) is 14.4 Å². The number of halogens is 1. The first-order valence-electron chi connectivity index (χ1n) is 11.1. The van der Waals surface area contributed by atoms with Gasteiger partial charge in [0.25, 0.3) is 5.91 Å². The Hall–Kier alpha value is -4.16. The minimum Gasteiger partial charge on any atom is -0.352 e. The first-order valence-corrected chi connectivity index (χ1v) is 12.0. The van der Waals surface area contributed by atoms with Crippen LogP contribution in [0.5, 0.6) is 0 Å². The van der Waals surface area contributed by atoms with Crippen LogP contribution in [0.4, 0.5) is 10.2 Å². The molecule has 9 heteroatoms. The van der Waals surface area contributed by atoms with Gasteiger partial charge in [-0.2, -0.15) is 5.26 Å². The Morgan fingerprint density at radius 2 is 1.94 bits per heavy atom. The molecule has 1 fully saturated rings. The SMILES string of the molecule is Cc1cc2c(N3CCN(C(=O)/C(C#N)=C/c4cncs4)CC3)ncnc2cc1-c1ccccc1F. The minimum absolute atomic E-state index is 0.103. The van der Waals surface area contributed by atoms with E-state index >= 15 is 0 Å². The van der Waals surface area contributed by atoms with Gasteiger partial charge >= 0.3 is 0 Å². The van der Waals surface area contributed by atoms with Crippen LogP contribution in [0.15, 0.2) is 60.0 Å². The van der Waals surface area contributed by atoms with Crippen molar-refractivity contribution in [3.63, 3.8) is 0 Å². The molecule has 3 heterocycles. The second kappa shape index (κ2) is 9.60. The zero-order valence-corrected chi connectivity index (χ0v) is 19.8. The molecule has 0 radical (unpaired) electrons. The molecule has 0 unspecified atom stereocenters. The van der Waals surface area contributed by atoms with Crippen molar-refractivity contribution in [2.75, 3.05) is 31.1 Å². The summed E-state index contributed by atoms with van der Waals surface area (Å²) in [5.74, 6) is 0.232. The van der Waals surface area contributed by atoms with Gasteiger partial charge < -0.3 is 9.80 Å². The largest absolute Gasteiger partial charge is 0.352 e.